The maximum Gasteiger partial charge on any atom is 0.271 e. The molecule has 6 nitrogen and oxygen atoms in total. The summed E-state index contributed by atoms with van der Waals surface area (Å²) < 4.78 is 27.4. The summed E-state index contributed by atoms with van der Waals surface area (Å²) in [6.07, 6.45) is 11.2. The van der Waals surface area contributed by atoms with E-state index in [1.54, 1.807) is 18.2 Å². The predicted molar refractivity (Wildman–Crippen MR) is 137 cm³/mol. The fraction of sp³-hybridized carbons (Fsp3) is 0.481. The van der Waals surface area contributed by atoms with Gasteiger partial charge in [-0.2, -0.15) is 9.41 Å². The van der Waals surface area contributed by atoms with Crippen LogP contribution in [0.4, 0.5) is 0 Å². The molecule has 0 spiro atoms. The minimum atomic E-state index is -3.59. The van der Waals surface area contributed by atoms with Crippen LogP contribution in [0.3, 0.4) is 0 Å². The molecule has 1 fully saturated rings. The molecular formula is C27H37N3O3S. The zero-order valence-corrected chi connectivity index (χ0v) is 21.0. The predicted octanol–water partition coefficient (Wildman–Crippen LogP) is 5.41. The Bertz CT molecular complexity index is 1030. The first kappa shape index (κ1) is 26.1. The topological polar surface area (TPSA) is 78.8 Å². The number of hydrogen-bond donors (Lipinski definition) is 1. The van der Waals surface area contributed by atoms with Crippen molar-refractivity contribution in [1.82, 2.24) is 9.73 Å². The molecule has 3 rings (SSSR count). The largest absolute Gasteiger partial charge is 0.271 e. The molecule has 0 unspecified atom stereocenters. The molecule has 0 bridgehead atoms. The summed E-state index contributed by atoms with van der Waals surface area (Å²) in [5, 5.41) is 4.24. The number of piperidine rings is 1. The van der Waals surface area contributed by atoms with Crippen LogP contribution < -0.4 is 5.43 Å². The van der Waals surface area contributed by atoms with Crippen molar-refractivity contribution in [3.63, 3.8) is 0 Å². The van der Waals surface area contributed by atoms with Crippen LogP contribution >= 0.6 is 0 Å². The smallest absolute Gasteiger partial charge is 0.267 e. The molecule has 1 aliphatic rings. The van der Waals surface area contributed by atoms with Crippen LogP contribution in [0.25, 0.3) is 0 Å². The van der Waals surface area contributed by atoms with Crippen molar-refractivity contribution in [2.24, 2.45) is 11.0 Å². The maximum atomic E-state index is 13.0. The Morgan fingerprint density at radius 1 is 1.03 bits per heavy atom. The van der Waals surface area contributed by atoms with E-state index >= 15 is 0 Å². The minimum absolute atomic E-state index is 0.156. The lowest BCUT2D eigenvalue weighted by atomic mass is 9.94. The van der Waals surface area contributed by atoms with Gasteiger partial charge in [0.25, 0.3) is 5.91 Å². The number of nitrogens with one attached hydrogen (secondary N) is 1. The summed E-state index contributed by atoms with van der Waals surface area (Å²) in [5.41, 5.74) is 4.13. The molecule has 7 heteroatoms. The van der Waals surface area contributed by atoms with Crippen LogP contribution in [0.15, 0.2) is 64.6 Å². The van der Waals surface area contributed by atoms with Crippen LogP contribution in [-0.2, 0) is 16.4 Å². The van der Waals surface area contributed by atoms with Gasteiger partial charge >= 0.3 is 0 Å². The summed E-state index contributed by atoms with van der Waals surface area (Å²) in [6.45, 7) is 3.26. The second-order valence-electron chi connectivity index (χ2n) is 9.01. The normalized spacial score (nSPS) is 15.9. The van der Waals surface area contributed by atoms with Crippen LogP contribution in [0.1, 0.15) is 74.2 Å². The third-order valence-corrected chi connectivity index (χ3v) is 8.16. The molecule has 1 aliphatic heterocycles. The Morgan fingerprint density at radius 2 is 1.79 bits per heavy atom. The Labute approximate surface area is 204 Å². The quantitative estimate of drug-likeness (QED) is 0.249. The first-order valence-corrected chi connectivity index (χ1v) is 13.9. The van der Waals surface area contributed by atoms with Gasteiger partial charge in [0.1, 0.15) is 0 Å². The molecule has 2 aromatic rings. The van der Waals surface area contributed by atoms with Gasteiger partial charge in [0, 0.05) is 30.8 Å². The number of sulfonamides is 1. The van der Waals surface area contributed by atoms with E-state index in [9.17, 15) is 13.2 Å². The number of benzene rings is 2. The Kier molecular flexibility index (Phi) is 10.3. The Balaban J connectivity index is 1.63. The summed E-state index contributed by atoms with van der Waals surface area (Å²) in [5.74, 6) is -0.179. The second-order valence-corrected chi connectivity index (χ2v) is 10.9. The van der Waals surface area contributed by atoms with Crippen molar-refractivity contribution < 1.29 is 13.2 Å². The van der Waals surface area contributed by atoms with Crippen molar-refractivity contribution in [1.29, 1.82) is 0 Å². The summed E-state index contributed by atoms with van der Waals surface area (Å²) in [6, 6.07) is 16.5. The van der Waals surface area contributed by atoms with E-state index in [4.69, 9.17) is 0 Å². The molecule has 34 heavy (non-hydrogen) atoms. The van der Waals surface area contributed by atoms with Gasteiger partial charge in [-0.15, -0.1) is 0 Å². The molecule has 1 heterocycles. The average molecular weight is 484 g/mol. The number of carbonyl (C=O) groups is 1. The standard InChI is InChI=1S/C27H37N3O3S/c1-2-3-4-7-15-24(20-23-13-8-5-9-14-23)22-28-29-27(31)25-16-12-17-26(21-25)34(32,33)30-18-10-6-11-19-30/h5,8-9,12-14,16-17,21-22,24H,2-4,6-7,10-11,15,18-20H2,1H3,(H,29,31)/b28-22-/t24-/m0/s1. The van der Waals surface area contributed by atoms with E-state index in [0.29, 0.717) is 13.1 Å². The van der Waals surface area contributed by atoms with Crippen molar-refractivity contribution in [2.45, 2.75) is 69.6 Å². The zero-order valence-electron chi connectivity index (χ0n) is 20.2. The summed E-state index contributed by atoms with van der Waals surface area (Å²) in [4.78, 5) is 12.9. The summed E-state index contributed by atoms with van der Waals surface area (Å²) in [7, 11) is -3.59. The number of hydrogen-bond acceptors (Lipinski definition) is 4. The van der Waals surface area contributed by atoms with Crippen LogP contribution in [-0.4, -0.2) is 37.9 Å². The van der Waals surface area contributed by atoms with Crippen molar-refractivity contribution in [3.8, 4) is 0 Å². The fourth-order valence-electron chi connectivity index (χ4n) is 4.30. The van der Waals surface area contributed by atoms with E-state index in [1.807, 2.05) is 24.4 Å². The highest BCUT2D eigenvalue weighted by Gasteiger charge is 2.26. The Morgan fingerprint density at radius 3 is 2.53 bits per heavy atom. The first-order valence-electron chi connectivity index (χ1n) is 12.5. The van der Waals surface area contributed by atoms with Gasteiger partial charge in [-0.1, -0.05) is 75.4 Å². The SMILES string of the molecule is CCCCCC[C@H](/C=N\NC(=O)c1cccc(S(=O)(=O)N2CCCCC2)c1)Cc1ccccc1. The van der Waals surface area contributed by atoms with Crippen molar-refractivity contribution >= 4 is 22.1 Å². The maximum absolute atomic E-state index is 13.0. The molecule has 0 saturated carbocycles. The van der Waals surface area contributed by atoms with E-state index < -0.39 is 15.9 Å². The van der Waals surface area contributed by atoms with E-state index in [2.05, 4.69) is 29.6 Å². The van der Waals surface area contributed by atoms with Crippen molar-refractivity contribution in [2.75, 3.05) is 13.1 Å². The molecule has 0 radical (unpaired) electrons. The Hall–Kier alpha value is -2.51. The second kappa shape index (κ2) is 13.4. The average Bonchev–Trinajstić information content (AvgIpc) is 2.87. The lowest BCUT2D eigenvalue weighted by molar-refractivity contribution is 0.0954. The van der Waals surface area contributed by atoms with Crippen LogP contribution in [0.2, 0.25) is 0 Å². The van der Waals surface area contributed by atoms with Crippen LogP contribution in [0, 0.1) is 5.92 Å². The molecule has 1 amide bonds. The number of carbonyl (C=O) groups excluding carboxylic acids is 1. The summed E-state index contributed by atoms with van der Waals surface area (Å²) >= 11 is 0. The highest BCUT2D eigenvalue weighted by atomic mass is 32.2. The molecule has 184 valence electrons. The van der Waals surface area contributed by atoms with E-state index in [1.165, 1.54) is 35.2 Å². The number of rotatable bonds is 12. The molecule has 0 aromatic heterocycles. The van der Waals surface area contributed by atoms with Gasteiger partial charge in [-0.3, -0.25) is 4.79 Å². The minimum Gasteiger partial charge on any atom is -0.267 e. The number of unbranched alkanes of at least 4 members (excludes halogenated alkanes) is 3. The fourth-order valence-corrected chi connectivity index (χ4v) is 5.86. The molecule has 1 atom stereocenters. The van der Waals surface area contributed by atoms with E-state index in [0.717, 1.165) is 38.5 Å². The van der Waals surface area contributed by atoms with Gasteiger partial charge in [-0.25, -0.2) is 13.8 Å². The highest BCUT2D eigenvalue weighted by Crippen LogP contribution is 2.21. The van der Waals surface area contributed by atoms with Gasteiger partial charge in [0.05, 0.1) is 4.90 Å². The first-order chi connectivity index (χ1) is 16.5. The molecule has 0 aliphatic carbocycles. The monoisotopic (exact) mass is 483 g/mol. The third kappa shape index (κ3) is 7.77. The van der Waals surface area contributed by atoms with Crippen LogP contribution in [0.5, 0.6) is 0 Å². The molecule has 1 N–H and O–H groups in total. The molecule has 2 aromatic carbocycles. The lowest BCUT2D eigenvalue weighted by Gasteiger charge is -2.25. The lowest BCUT2D eigenvalue weighted by Crippen LogP contribution is -2.35. The van der Waals surface area contributed by atoms with Gasteiger partial charge < -0.3 is 0 Å². The van der Waals surface area contributed by atoms with Crippen molar-refractivity contribution in [3.05, 3.63) is 65.7 Å². The molecular weight excluding hydrogens is 446 g/mol. The van der Waals surface area contributed by atoms with E-state index in [-0.39, 0.29) is 16.4 Å². The molecule has 1 saturated heterocycles. The number of nitrogens with zero attached hydrogens (tertiary/aromatic N) is 2. The van der Waals surface area contributed by atoms with Gasteiger partial charge in [0.15, 0.2) is 0 Å². The third-order valence-electron chi connectivity index (χ3n) is 6.27. The highest BCUT2D eigenvalue weighted by molar-refractivity contribution is 7.89. The van der Waals surface area contributed by atoms with Gasteiger partial charge in [0.2, 0.25) is 10.0 Å². The number of amides is 1. The van der Waals surface area contributed by atoms with Gasteiger partial charge in [-0.05, 0) is 49.4 Å². The zero-order chi connectivity index (χ0) is 24.2. The number of hydrazone groups is 1.